The molecule has 2 atom stereocenters. The normalized spacial score (nSPS) is 23.7. The Morgan fingerprint density at radius 3 is 2.88 bits per heavy atom. The number of carbonyl (C=O) groups is 1. The van der Waals surface area contributed by atoms with Gasteiger partial charge in [0.05, 0.1) is 25.4 Å². The summed E-state index contributed by atoms with van der Waals surface area (Å²) < 4.78 is 11.5. The fourth-order valence-corrected chi connectivity index (χ4v) is 2.45. The molecule has 1 saturated heterocycles. The summed E-state index contributed by atoms with van der Waals surface area (Å²) in [5, 5.41) is 0. The summed E-state index contributed by atoms with van der Waals surface area (Å²) in [5.74, 6) is 0.679. The van der Waals surface area contributed by atoms with Gasteiger partial charge in [-0.2, -0.15) is 0 Å². The second-order valence-corrected chi connectivity index (χ2v) is 5.20. The summed E-state index contributed by atoms with van der Waals surface area (Å²) >= 11 is 3.38. The van der Waals surface area contributed by atoms with Crippen LogP contribution in [0.3, 0.4) is 0 Å². The summed E-state index contributed by atoms with van der Waals surface area (Å²) in [6.07, 6.45) is 0.955. The quantitative estimate of drug-likeness (QED) is 0.805. The Bertz CT molecular complexity index is 431. The summed E-state index contributed by atoms with van der Waals surface area (Å²) in [7, 11) is 1.58. The zero-order valence-corrected chi connectivity index (χ0v) is 11.5. The number of carbonyl (C=O) groups excluding carboxylic acids is 1. The van der Waals surface area contributed by atoms with Gasteiger partial charge in [-0.15, -0.1) is 0 Å². The van der Waals surface area contributed by atoms with Gasteiger partial charge in [0.25, 0.3) is 0 Å². The highest BCUT2D eigenvalue weighted by atomic mass is 79.9. The minimum Gasteiger partial charge on any atom is -0.496 e. The Balaban J connectivity index is 2.26. The lowest BCUT2D eigenvalue weighted by Crippen LogP contribution is -2.15. The van der Waals surface area contributed by atoms with E-state index >= 15 is 0 Å². The van der Waals surface area contributed by atoms with Crippen molar-refractivity contribution in [3.63, 3.8) is 0 Å². The van der Waals surface area contributed by atoms with Crippen molar-refractivity contribution in [2.24, 2.45) is 5.92 Å². The third kappa shape index (κ3) is 2.69. The van der Waals surface area contributed by atoms with Crippen LogP contribution >= 0.6 is 15.9 Å². The van der Waals surface area contributed by atoms with Crippen molar-refractivity contribution in [1.29, 1.82) is 0 Å². The third-order valence-corrected chi connectivity index (χ3v) is 3.49. The van der Waals surface area contributed by atoms with Crippen LogP contribution in [0, 0.1) is 5.92 Å². The smallest absolute Gasteiger partial charge is 0.172 e. The predicted octanol–water partition coefficient (Wildman–Crippen LogP) is 3.07. The molecule has 1 fully saturated rings. The molecule has 1 aliphatic rings. The summed E-state index contributed by atoms with van der Waals surface area (Å²) in [4.78, 5) is 12.3. The molecule has 1 heterocycles. The van der Waals surface area contributed by atoms with E-state index in [0.717, 1.165) is 10.9 Å². The Hall–Kier alpha value is -0.870. The molecule has 0 spiro atoms. The standard InChI is InChI=1S/C13H15BrO3/c1-8-5-9(7-17-8)13(15)11-6-10(14)3-4-12(11)16-2/h3-4,6,8-9H,5,7H2,1-2H3. The molecule has 1 aromatic carbocycles. The highest BCUT2D eigenvalue weighted by molar-refractivity contribution is 9.10. The first-order valence-corrected chi connectivity index (χ1v) is 6.40. The predicted molar refractivity (Wildman–Crippen MR) is 68.5 cm³/mol. The van der Waals surface area contributed by atoms with Gasteiger partial charge in [-0.3, -0.25) is 4.79 Å². The van der Waals surface area contributed by atoms with Crippen molar-refractivity contribution < 1.29 is 14.3 Å². The monoisotopic (exact) mass is 298 g/mol. The lowest BCUT2D eigenvalue weighted by atomic mass is 9.95. The van der Waals surface area contributed by atoms with Gasteiger partial charge in [-0.05, 0) is 31.5 Å². The van der Waals surface area contributed by atoms with Crippen LogP contribution in [-0.2, 0) is 4.74 Å². The van der Waals surface area contributed by atoms with Gasteiger partial charge in [-0.1, -0.05) is 15.9 Å². The molecular weight excluding hydrogens is 284 g/mol. The lowest BCUT2D eigenvalue weighted by Gasteiger charge is -2.11. The van der Waals surface area contributed by atoms with Crippen molar-refractivity contribution >= 4 is 21.7 Å². The molecule has 3 nitrogen and oxygen atoms in total. The third-order valence-electron chi connectivity index (χ3n) is 3.00. The zero-order chi connectivity index (χ0) is 12.4. The van der Waals surface area contributed by atoms with E-state index in [1.165, 1.54) is 0 Å². The summed E-state index contributed by atoms with van der Waals surface area (Å²) in [5.41, 5.74) is 0.629. The fraction of sp³-hybridized carbons (Fsp3) is 0.462. The molecule has 0 radical (unpaired) electrons. The van der Waals surface area contributed by atoms with Crippen molar-refractivity contribution in [2.45, 2.75) is 19.4 Å². The molecule has 1 aliphatic heterocycles. The maximum absolute atomic E-state index is 12.3. The molecule has 0 saturated carbocycles. The maximum atomic E-state index is 12.3. The first kappa shape index (κ1) is 12.6. The zero-order valence-electron chi connectivity index (χ0n) is 9.90. The van der Waals surface area contributed by atoms with E-state index in [1.54, 1.807) is 13.2 Å². The van der Waals surface area contributed by atoms with Crippen LogP contribution < -0.4 is 4.74 Å². The first-order chi connectivity index (χ1) is 8.11. The van der Waals surface area contributed by atoms with Crippen molar-refractivity contribution in [1.82, 2.24) is 0 Å². The Kier molecular flexibility index (Phi) is 3.84. The molecule has 4 heteroatoms. The number of hydrogen-bond acceptors (Lipinski definition) is 3. The van der Waals surface area contributed by atoms with Crippen LogP contribution in [0.5, 0.6) is 5.75 Å². The van der Waals surface area contributed by atoms with E-state index in [-0.39, 0.29) is 17.8 Å². The number of ether oxygens (including phenoxy) is 2. The van der Waals surface area contributed by atoms with Gasteiger partial charge in [-0.25, -0.2) is 0 Å². The molecule has 2 rings (SSSR count). The number of halogens is 1. The van der Waals surface area contributed by atoms with Gasteiger partial charge in [0.1, 0.15) is 5.75 Å². The van der Waals surface area contributed by atoms with Crippen LogP contribution in [0.4, 0.5) is 0 Å². The number of Topliss-reactive ketones (excluding diaryl/α,β-unsaturated/α-hetero) is 1. The van der Waals surface area contributed by atoms with Gasteiger partial charge in [0, 0.05) is 10.4 Å². The van der Waals surface area contributed by atoms with Crippen LogP contribution in [0.1, 0.15) is 23.7 Å². The number of hydrogen-bond donors (Lipinski definition) is 0. The van der Waals surface area contributed by atoms with Gasteiger partial charge >= 0.3 is 0 Å². The molecule has 92 valence electrons. The average molecular weight is 299 g/mol. The average Bonchev–Trinajstić information content (AvgIpc) is 2.75. The topological polar surface area (TPSA) is 35.5 Å². The second kappa shape index (κ2) is 5.19. The summed E-state index contributed by atoms with van der Waals surface area (Å²) in [6.45, 7) is 2.50. The van der Waals surface area contributed by atoms with Crippen LogP contribution in [0.15, 0.2) is 22.7 Å². The molecule has 0 aliphatic carbocycles. The molecule has 17 heavy (non-hydrogen) atoms. The van der Waals surface area contributed by atoms with Crippen LogP contribution in [-0.4, -0.2) is 25.6 Å². The highest BCUT2D eigenvalue weighted by Crippen LogP contribution is 2.29. The highest BCUT2D eigenvalue weighted by Gasteiger charge is 2.30. The van der Waals surface area contributed by atoms with E-state index < -0.39 is 0 Å². The van der Waals surface area contributed by atoms with Crippen molar-refractivity contribution in [2.75, 3.05) is 13.7 Å². The number of benzene rings is 1. The number of ketones is 1. The Labute approximate surface area is 109 Å². The Morgan fingerprint density at radius 2 is 2.29 bits per heavy atom. The van der Waals surface area contributed by atoms with Crippen LogP contribution in [0.2, 0.25) is 0 Å². The van der Waals surface area contributed by atoms with E-state index in [1.807, 2.05) is 19.1 Å². The van der Waals surface area contributed by atoms with Crippen molar-refractivity contribution in [3.8, 4) is 5.75 Å². The first-order valence-electron chi connectivity index (χ1n) is 5.61. The minimum absolute atomic E-state index is 0.0480. The van der Waals surface area contributed by atoms with E-state index in [9.17, 15) is 4.79 Å². The van der Waals surface area contributed by atoms with Crippen molar-refractivity contribution in [3.05, 3.63) is 28.2 Å². The maximum Gasteiger partial charge on any atom is 0.172 e. The molecule has 0 N–H and O–H groups in total. The molecular formula is C13H15BrO3. The van der Waals surface area contributed by atoms with Gasteiger partial charge in [0.15, 0.2) is 5.78 Å². The molecule has 0 amide bonds. The van der Waals surface area contributed by atoms with Crippen LogP contribution in [0.25, 0.3) is 0 Å². The largest absolute Gasteiger partial charge is 0.496 e. The van der Waals surface area contributed by atoms with E-state index in [4.69, 9.17) is 9.47 Å². The molecule has 0 aromatic heterocycles. The molecule has 2 unspecified atom stereocenters. The van der Waals surface area contributed by atoms with E-state index in [0.29, 0.717) is 17.9 Å². The second-order valence-electron chi connectivity index (χ2n) is 4.29. The minimum atomic E-state index is -0.0480. The number of rotatable bonds is 3. The van der Waals surface area contributed by atoms with Gasteiger partial charge < -0.3 is 9.47 Å². The number of methoxy groups -OCH3 is 1. The lowest BCUT2D eigenvalue weighted by molar-refractivity contribution is 0.0875. The summed E-state index contributed by atoms with van der Waals surface area (Å²) in [6, 6.07) is 5.48. The SMILES string of the molecule is COc1ccc(Br)cc1C(=O)C1COC(C)C1. The van der Waals surface area contributed by atoms with Gasteiger partial charge in [0.2, 0.25) is 0 Å². The Morgan fingerprint density at radius 1 is 1.53 bits per heavy atom. The molecule has 0 bridgehead atoms. The van der Waals surface area contributed by atoms with E-state index in [2.05, 4.69) is 15.9 Å². The fourth-order valence-electron chi connectivity index (χ4n) is 2.09. The molecule has 1 aromatic rings.